The van der Waals surface area contributed by atoms with Gasteiger partial charge < -0.3 is 14.7 Å². The van der Waals surface area contributed by atoms with Gasteiger partial charge in [0.25, 0.3) is 5.91 Å². The summed E-state index contributed by atoms with van der Waals surface area (Å²) in [5, 5.41) is 0. The lowest BCUT2D eigenvalue weighted by Gasteiger charge is -2.30. The highest BCUT2D eigenvalue weighted by atomic mass is 16.2. The summed E-state index contributed by atoms with van der Waals surface area (Å²) in [6, 6.07) is 16.1. The zero-order chi connectivity index (χ0) is 20.7. The number of carbonyl (C=O) groups is 2. The van der Waals surface area contributed by atoms with E-state index in [-0.39, 0.29) is 23.8 Å². The molecule has 2 aromatic carbocycles. The Hall–Kier alpha value is -2.82. The van der Waals surface area contributed by atoms with E-state index in [1.165, 1.54) is 11.1 Å². The van der Waals surface area contributed by atoms with Gasteiger partial charge in [-0.3, -0.25) is 9.59 Å². The molecule has 3 atom stereocenters. The monoisotopic (exact) mass is 391 g/mol. The van der Waals surface area contributed by atoms with Crippen LogP contribution in [0.15, 0.2) is 48.5 Å². The first-order valence-electron chi connectivity index (χ1n) is 10.3. The van der Waals surface area contributed by atoms with Gasteiger partial charge in [-0.25, -0.2) is 0 Å². The van der Waals surface area contributed by atoms with Crippen LogP contribution in [-0.4, -0.2) is 55.3 Å². The van der Waals surface area contributed by atoms with E-state index in [0.29, 0.717) is 19.0 Å². The van der Waals surface area contributed by atoms with Crippen LogP contribution in [0.1, 0.15) is 34.5 Å². The van der Waals surface area contributed by atoms with Crippen molar-refractivity contribution in [1.29, 1.82) is 0 Å². The SMILES string of the molecule is CC(=O)N1C[C@H]2CN(C(=O)c3cccc(N(C)C)c3)C[C@H]2[C@H]1c1ccccc1C. The molecule has 2 aliphatic rings. The Morgan fingerprint density at radius 3 is 2.45 bits per heavy atom. The number of nitrogens with zero attached hydrogens (tertiary/aromatic N) is 3. The van der Waals surface area contributed by atoms with Gasteiger partial charge in [-0.05, 0) is 36.2 Å². The van der Waals surface area contributed by atoms with Crippen molar-refractivity contribution in [2.24, 2.45) is 11.8 Å². The quantitative estimate of drug-likeness (QED) is 0.806. The van der Waals surface area contributed by atoms with Crippen LogP contribution in [0.4, 0.5) is 5.69 Å². The third-order valence-corrected chi connectivity index (χ3v) is 6.47. The second-order valence-corrected chi connectivity index (χ2v) is 8.55. The third kappa shape index (κ3) is 3.50. The Labute approximate surface area is 172 Å². The minimum atomic E-state index is 0.0459. The van der Waals surface area contributed by atoms with Crippen LogP contribution in [0.2, 0.25) is 0 Å². The predicted octanol–water partition coefficient (Wildman–Crippen LogP) is 3.35. The fourth-order valence-electron chi connectivity index (χ4n) is 4.95. The molecule has 0 saturated carbocycles. The molecule has 2 aromatic rings. The lowest BCUT2D eigenvalue weighted by Crippen LogP contribution is -2.36. The minimum absolute atomic E-state index is 0.0459. The average Bonchev–Trinajstić information content (AvgIpc) is 3.26. The molecule has 5 nitrogen and oxygen atoms in total. The van der Waals surface area contributed by atoms with Crippen LogP contribution < -0.4 is 4.90 Å². The van der Waals surface area contributed by atoms with E-state index < -0.39 is 0 Å². The largest absolute Gasteiger partial charge is 0.378 e. The van der Waals surface area contributed by atoms with Gasteiger partial charge >= 0.3 is 0 Å². The number of aryl methyl sites for hydroxylation is 1. The first-order chi connectivity index (χ1) is 13.9. The molecule has 0 unspecified atom stereocenters. The maximum atomic E-state index is 13.2. The van der Waals surface area contributed by atoms with Crippen LogP contribution in [0.3, 0.4) is 0 Å². The highest BCUT2D eigenvalue weighted by molar-refractivity contribution is 5.95. The first-order valence-corrected chi connectivity index (χ1v) is 10.3. The van der Waals surface area contributed by atoms with E-state index >= 15 is 0 Å². The van der Waals surface area contributed by atoms with E-state index in [1.807, 2.05) is 65.2 Å². The Morgan fingerprint density at radius 2 is 1.76 bits per heavy atom. The smallest absolute Gasteiger partial charge is 0.253 e. The Balaban J connectivity index is 1.60. The number of fused-ring (bicyclic) bond motifs is 1. The molecule has 2 heterocycles. The predicted molar refractivity (Wildman–Crippen MR) is 115 cm³/mol. The van der Waals surface area contributed by atoms with Gasteiger partial charge in [0.15, 0.2) is 0 Å². The van der Waals surface area contributed by atoms with Crippen molar-refractivity contribution in [2.75, 3.05) is 38.6 Å². The molecular formula is C24H29N3O2. The van der Waals surface area contributed by atoms with Gasteiger partial charge in [0.2, 0.25) is 5.91 Å². The molecule has 2 fully saturated rings. The molecule has 2 saturated heterocycles. The summed E-state index contributed by atoms with van der Waals surface area (Å²) in [5.41, 5.74) is 4.16. The number of amides is 2. The Morgan fingerprint density at radius 1 is 1.00 bits per heavy atom. The van der Waals surface area contributed by atoms with Gasteiger partial charge in [0, 0.05) is 63.7 Å². The fraction of sp³-hybridized carbons (Fsp3) is 0.417. The molecule has 4 rings (SSSR count). The standard InChI is InChI=1S/C24H29N3O2/c1-16-8-5-6-11-21(16)23-22-15-26(13-19(22)14-27(23)17(2)28)24(29)18-9-7-10-20(12-18)25(3)4/h5-12,19,22-23H,13-15H2,1-4H3/t19-,22-,23-/m1/s1. The normalized spacial score (nSPS) is 23.2. The number of benzene rings is 2. The number of hydrogen-bond acceptors (Lipinski definition) is 3. The summed E-state index contributed by atoms with van der Waals surface area (Å²) in [6.45, 7) is 5.88. The first kappa shape index (κ1) is 19.5. The summed E-state index contributed by atoms with van der Waals surface area (Å²) in [5.74, 6) is 0.802. The zero-order valence-electron chi connectivity index (χ0n) is 17.6. The van der Waals surface area contributed by atoms with Crippen LogP contribution in [-0.2, 0) is 4.79 Å². The molecule has 0 N–H and O–H groups in total. The Bertz CT molecular complexity index is 939. The number of carbonyl (C=O) groups excluding carboxylic acids is 2. The van der Waals surface area contributed by atoms with E-state index in [2.05, 4.69) is 19.1 Å². The zero-order valence-corrected chi connectivity index (χ0v) is 17.6. The van der Waals surface area contributed by atoms with E-state index in [0.717, 1.165) is 17.8 Å². The molecule has 0 radical (unpaired) electrons. The van der Waals surface area contributed by atoms with Crippen LogP contribution in [0.25, 0.3) is 0 Å². The maximum absolute atomic E-state index is 13.2. The van der Waals surface area contributed by atoms with Gasteiger partial charge in [-0.1, -0.05) is 30.3 Å². The van der Waals surface area contributed by atoms with Crippen molar-refractivity contribution in [2.45, 2.75) is 19.9 Å². The summed E-state index contributed by atoms with van der Waals surface area (Å²) in [6.07, 6.45) is 0. The molecule has 0 aromatic heterocycles. The van der Waals surface area contributed by atoms with Crippen molar-refractivity contribution in [1.82, 2.24) is 9.80 Å². The van der Waals surface area contributed by atoms with Crippen molar-refractivity contribution in [3.63, 3.8) is 0 Å². The minimum Gasteiger partial charge on any atom is -0.378 e. The lowest BCUT2D eigenvalue weighted by molar-refractivity contribution is -0.130. The summed E-state index contributed by atoms with van der Waals surface area (Å²) >= 11 is 0. The highest BCUT2D eigenvalue weighted by Crippen LogP contribution is 2.46. The molecule has 152 valence electrons. The second-order valence-electron chi connectivity index (χ2n) is 8.55. The summed E-state index contributed by atoms with van der Waals surface area (Å²) in [4.78, 5) is 31.5. The molecule has 2 amide bonds. The number of rotatable bonds is 3. The van der Waals surface area contributed by atoms with Crippen LogP contribution in [0.5, 0.6) is 0 Å². The fourth-order valence-corrected chi connectivity index (χ4v) is 4.95. The molecule has 29 heavy (non-hydrogen) atoms. The van der Waals surface area contributed by atoms with E-state index in [9.17, 15) is 9.59 Å². The molecule has 0 spiro atoms. The van der Waals surface area contributed by atoms with Gasteiger partial charge in [-0.15, -0.1) is 0 Å². The van der Waals surface area contributed by atoms with Crippen LogP contribution >= 0.6 is 0 Å². The number of anilines is 1. The van der Waals surface area contributed by atoms with E-state index in [4.69, 9.17) is 0 Å². The van der Waals surface area contributed by atoms with Gasteiger partial charge in [-0.2, -0.15) is 0 Å². The molecule has 0 aliphatic carbocycles. The summed E-state index contributed by atoms with van der Waals surface area (Å²) in [7, 11) is 3.96. The molecular weight excluding hydrogens is 362 g/mol. The van der Waals surface area contributed by atoms with Crippen LogP contribution in [0, 0.1) is 18.8 Å². The topological polar surface area (TPSA) is 43.9 Å². The van der Waals surface area contributed by atoms with Crippen molar-refractivity contribution >= 4 is 17.5 Å². The number of hydrogen-bond donors (Lipinski definition) is 0. The molecule has 5 heteroatoms. The highest BCUT2D eigenvalue weighted by Gasteiger charge is 2.49. The molecule has 2 aliphatic heterocycles. The van der Waals surface area contributed by atoms with Gasteiger partial charge in [0.05, 0.1) is 6.04 Å². The third-order valence-electron chi connectivity index (χ3n) is 6.47. The van der Waals surface area contributed by atoms with E-state index in [1.54, 1.807) is 6.92 Å². The van der Waals surface area contributed by atoms with Crippen molar-refractivity contribution < 1.29 is 9.59 Å². The summed E-state index contributed by atoms with van der Waals surface area (Å²) < 4.78 is 0. The average molecular weight is 392 g/mol. The Kier molecular flexibility index (Phi) is 5.07. The number of likely N-dealkylation sites (tertiary alicyclic amines) is 2. The van der Waals surface area contributed by atoms with Gasteiger partial charge in [0.1, 0.15) is 0 Å². The molecule has 0 bridgehead atoms. The van der Waals surface area contributed by atoms with Crippen molar-refractivity contribution in [3.05, 3.63) is 65.2 Å². The maximum Gasteiger partial charge on any atom is 0.253 e. The lowest BCUT2D eigenvalue weighted by atomic mass is 9.87. The second kappa shape index (κ2) is 7.54. The van der Waals surface area contributed by atoms with Crippen molar-refractivity contribution in [3.8, 4) is 0 Å².